The highest BCUT2D eigenvalue weighted by molar-refractivity contribution is 7.95. The summed E-state index contributed by atoms with van der Waals surface area (Å²) in [6.45, 7) is 2.97. The minimum Gasteiger partial charge on any atom is -1.00 e. The van der Waals surface area contributed by atoms with Crippen molar-refractivity contribution in [3.05, 3.63) is 91.0 Å². The van der Waals surface area contributed by atoms with Crippen LogP contribution in [0.3, 0.4) is 0 Å². The van der Waals surface area contributed by atoms with E-state index >= 15 is 0 Å². The molecule has 0 atom stereocenters. The molecule has 3 aromatic carbocycles. The predicted octanol–water partition coefficient (Wildman–Crippen LogP) is -0.464. The van der Waals surface area contributed by atoms with Gasteiger partial charge in [0.25, 0.3) is 0 Å². The van der Waals surface area contributed by atoms with E-state index in [1.54, 1.807) is 0 Å². The van der Waals surface area contributed by atoms with Crippen LogP contribution < -0.4 is 38.6 Å². The number of hydrogen-bond acceptors (Lipinski definition) is 6. The molecule has 0 aromatic heterocycles. The molecule has 0 aliphatic carbocycles. The van der Waals surface area contributed by atoms with E-state index in [1.165, 1.54) is 15.9 Å². The van der Waals surface area contributed by atoms with Gasteiger partial charge in [0.05, 0.1) is 52.3 Å². The van der Waals surface area contributed by atoms with Gasteiger partial charge < -0.3 is 41.7 Å². The van der Waals surface area contributed by atoms with E-state index < -0.39 is 13.2 Å². The molecule has 2 N–H and O–H groups in total. The zero-order valence-electron chi connectivity index (χ0n) is 20.5. The predicted molar refractivity (Wildman–Crippen MR) is 142 cm³/mol. The molecule has 0 aliphatic heterocycles. The minimum absolute atomic E-state index is 0. The first-order valence-corrected chi connectivity index (χ1v) is 13.9. The van der Waals surface area contributed by atoms with E-state index in [1.807, 2.05) is 0 Å². The second-order valence-corrected chi connectivity index (χ2v) is 11.4. The van der Waals surface area contributed by atoms with Crippen LogP contribution in [0.5, 0.6) is 0 Å². The van der Waals surface area contributed by atoms with Crippen molar-refractivity contribution in [1.82, 2.24) is 0 Å². The maximum absolute atomic E-state index is 10.9. The molecule has 0 spiro atoms. The van der Waals surface area contributed by atoms with Crippen LogP contribution in [-0.4, -0.2) is 64.9 Å². The van der Waals surface area contributed by atoms with Crippen LogP contribution in [0.4, 0.5) is 0 Å². The van der Waals surface area contributed by atoms with Crippen LogP contribution >= 0.6 is 7.26 Å². The van der Waals surface area contributed by atoms with Crippen molar-refractivity contribution >= 4 is 29.1 Å². The van der Waals surface area contributed by atoms with Crippen LogP contribution in [0, 0.1) is 0 Å². The summed E-state index contributed by atoms with van der Waals surface area (Å²) in [6, 6.07) is 32.4. The lowest BCUT2D eigenvalue weighted by atomic mass is 10.4. The van der Waals surface area contributed by atoms with Gasteiger partial charge in [-0.05, 0) is 36.4 Å². The molecule has 8 heteroatoms. The molecular weight excluding hydrogens is 541 g/mol. The van der Waals surface area contributed by atoms with Gasteiger partial charge in [-0.25, -0.2) is 0 Å². The van der Waals surface area contributed by atoms with Crippen LogP contribution in [0.15, 0.2) is 91.0 Å². The van der Waals surface area contributed by atoms with Gasteiger partial charge in [0.15, 0.2) is 0 Å². The summed E-state index contributed by atoms with van der Waals surface area (Å²) in [5, 5.41) is 4.06. The monoisotopic (exact) mass is 575 g/mol. The molecule has 0 unspecified atom stereocenters. The zero-order valence-corrected chi connectivity index (χ0v) is 22.9. The van der Waals surface area contributed by atoms with Crippen molar-refractivity contribution in [1.29, 1.82) is 0 Å². The normalized spacial score (nSPS) is 11.0. The molecule has 0 amide bonds. The number of rotatable bonds is 16. The lowest BCUT2D eigenvalue weighted by Crippen LogP contribution is -3.00. The fourth-order valence-electron chi connectivity index (χ4n) is 3.90. The van der Waals surface area contributed by atoms with E-state index in [0.29, 0.717) is 39.6 Å². The van der Waals surface area contributed by atoms with Crippen molar-refractivity contribution < 1.29 is 40.7 Å². The van der Waals surface area contributed by atoms with E-state index in [4.69, 9.17) is 24.7 Å². The first-order valence-electron chi connectivity index (χ1n) is 11.9. The zero-order chi connectivity index (χ0) is 24.6. The maximum atomic E-state index is 10.9. The Morgan fingerprint density at radius 2 is 0.944 bits per heavy atom. The standard InChI is InChI=1S/C28H35NO5P.BrH/c29-24-28(30)34-21-20-32-17-16-31-18-19-33-22-23-35(25-10-4-1-5-11-25,26-12-6-2-7-13-26)27-14-8-3-9-15-27;/h1-15H,16-24,29H2;1H/q+1;/p-1. The van der Waals surface area contributed by atoms with Gasteiger partial charge in [-0.1, -0.05) is 54.6 Å². The van der Waals surface area contributed by atoms with Crippen LogP contribution in [0.2, 0.25) is 0 Å². The Balaban J connectivity index is 0.00000456. The Morgan fingerprint density at radius 1 is 0.583 bits per heavy atom. The average molecular weight is 576 g/mol. The molecule has 0 saturated carbocycles. The van der Waals surface area contributed by atoms with E-state index in [-0.39, 0.29) is 30.1 Å². The van der Waals surface area contributed by atoms with Gasteiger partial charge in [0.1, 0.15) is 29.8 Å². The summed E-state index contributed by atoms with van der Waals surface area (Å²) >= 11 is 0. The minimum atomic E-state index is -1.87. The lowest BCUT2D eigenvalue weighted by Gasteiger charge is -2.27. The van der Waals surface area contributed by atoms with Crippen LogP contribution in [0.25, 0.3) is 0 Å². The molecular formula is C28H35BrNO5P. The Morgan fingerprint density at radius 3 is 1.33 bits per heavy atom. The molecule has 0 bridgehead atoms. The quantitative estimate of drug-likeness (QED) is 0.141. The molecule has 0 saturated heterocycles. The second kappa shape index (κ2) is 17.4. The molecule has 0 aliphatic rings. The topological polar surface area (TPSA) is 80.0 Å². The van der Waals surface area contributed by atoms with Crippen LogP contribution in [0.1, 0.15) is 0 Å². The van der Waals surface area contributed by atoms with Crippen molar-refractivity contribution in [3.63, 3.8) is 0 Å². The third kappa shape index (κ3) is 9.07. The summed E-state index contributed by atoms with van der Waals surface area (Å²) < 4.78 is 21.8. The maximum Gasteiger partial charge on any atom is 0.319 e. The third-order valence-electron chi connectivity index (χ3n) is 5.56. The van der Waals surface area contributed by atoms with Crippen LogP contribution in [-0.2, 0) is 23.7 Å². The number of carbonyl (C=O) groups excluding carboxylic acids is 1. The molecule has 36 heavy (non-hydrogen) atoms. The molecule has 0 heterocycles. The number of benzene rings is 3. The first-order chi connectivity index (χ1) is 17.3. The van der Waals surface area contributed by atoms with Gasteiger partial charge in [0.2, 0.25) is 0 Å². The van der Waals surface area contributed by atoms with Gasteiger partial charge in [-0.3, -0.25) is 4.79 Å². The van der Waals surface area contributed by atoms with Gasteiger partial charge in [0, 0.05) is 0 Å². The molecule has 3 aromatic rings. The van der Waals surface area contributed by atoms with E-state index in [9.17, 15) is 4.79 Å². The Bertz CT molecular complexity index is 882. The molecule has 3 rings (SSSR count). The average Bonchev–Trinajstić information content (AvgIpc) is 2.93. The highest BCUT2D eigenvalue weighted by atomic mass is 79.9. The summed E-state index contributed by atoms with van der Waals surface area (Å²) in [7, 11) is -1.87. The van der Waals surface area contributed by atoms with Gasteiger partial charge >= 0.3 is 5.97 Å². The van der Waals surface area contributed by atoms with Crippen molar-refractivity contribution in [2.24, 2.45) is 5.73 Å². The summed E-state index contributed by atoms with van der Waals surface area (Å²) in [5.74, 6) is -0.430. The Labute approximate surface area is 225 Å². The molecule has 6 nitrogen and oxygen atoms in total. The van der Waals surface area contributed by atoms with E-state index in [0.717, 1.165) is 6.16 Å². The third-order valence-corrected chi connectivity index (χ3v) is 9.96. The second-order valence-electron chi connectivity index (χ2n) is 7.80. The number of nitrogens with two attached hydrogens (primary N) is 1. The fraction of sp³-hybridized carbons (Fsp3) is 0.321. The lowest BCUT2D eigenvalue weighted by molar-refractivity contribution is -0.143. The molecule has 0 radical (unpaired) electrons. The Hall–Kier alpha value is -2.12. The highest BCUT2D eigenvalue weighted by Gasteiger charge is 2.44. The first kappa shape index (κ1) is 30.1. The number of hydrogen-bond donors (Lipinski definition) is 1. The van der Waals surface area contributed by atoms with Crippen molar-refractivity contribution in [2.45, 2.75) is 0 Å². The largest absolute Gasteiger partial charge is 1.00 e. The highest BCUT2D eigenvalue weighted by Crippen LogP contribution is 2.54. The Kier molecular flexibility index (Phi) is 14.5. The summed E-state index contributed by atoms with van der Waals surface area (Å²) in [4.78, 5) is 10.9. The number of halogens is 1. The van der Waals surface area contributed by atoms with Gasteiger partial charge in [-0.15, -0.1) is 0 Å². The number of carbonyl (C=O) groups is 1. The smallest absolute Gasteiger partial charge is 0.319 e. The summed E-state index contributed by atoms with van der Waals surface area (Å²) in [5.41, 5.74) is 5.17. The summed E-state index contributed by atoms with van der Waals surface area (Å²) in [6.07, 6.45) is 0.912. The van der Waals surface area contributed by atoms with E-state index in [2.05, 4.69) is 91.0 Å². The fourth-order valence-corrected chi connectivity index (χ4v) is 8.01. The SMILES string of the molecule is NCC(=O)OCCOCCOCCOCC[P+](c1ccccc1)(c1ccccc1)c1ccccc1.[Br-]. The molecule has 0 fully saturated rings. The molecule has 194 valence electrons. The van der Waals surface area contributed by atoms with Crippen molar-refractivity contribution in [3.8, 4) is 0 Å². The van der Waals surface area contributed by atoms with Gasteiger partial charge in [-0.2, -0.15) is 0 Å². The number of ether oxygens (including phenoxy) is 4. The number of esters is 1. The van der Waals surface area contributed by atoms with Crippen molar-refractivity contribution in [2.75, 3.05) is 59.0 Å².